The normalized spacial score (nSPS) is 17.6. The zero-order valence-electron chi connectivity index (χ0n) is 11.8. The van der Waals surface area contributed by atoms with Gasteiger partial charge in [0.05, 0.1) is 20.8 Å². The smallest absolute Gasteiger partial charge is 0.347 e. The molecule has 6 heteroatoms. The average molecular weight is 292 g/mol. The van der Waals surface area contributed by atoms with Gasteiger partial charge in [0.25, 0.3) is 0 Å². The van der Waals surface area contributed by atoms with Gasteiger partial charge in [0, 0.05) is 12.5 Å². The molecule has 1 atom stereocenters. The summed E-state index contributed by atoms with van der Waals surface area (Å²) in [5.41, 5.74) is 0.749. The fourth-order valence-electron chi connectivity index (χ4n) is 1.88. The number of rotatable bonds is 5. The summed E-state index contributed by atoms with van der Waals surface area (Å²) < 4.78 is 20.0. The van der Waals surface area contributed by atoms with Crippen molar-refractivity contribution < 1.29 is 28.5 Å². The first-order valence-electron chi connectivity index (χ1n) is 6.41. The highest BCUT2D eigenvalue weighted by atomic mass is 16.6. The van der Waals surface area contributed by atoms with Crippen molar-refractivity contribution in [2.75, 3.05) is 20.8 Å². The Morgan fingerprint density at radius 1 is 1.29 bits per heavy atom. The van der Waals surface area contributed by atoms with Crippen molar-refractivity contribution in [1.29, 1.82) is 0 Å². The molecule has 0 aromatic heterocycles. The molecule has 1 saturated heterocycles. The topological polar surface area (TPSA) is 71.1 Å². The van der Waals surface area contributed by atoms with E-state index in [1.807, 2.05) is 0 Å². The van der Waals surface area contributed by atoms with Crippen LogP contribution in [0.1, 0.15) is 12.0 Å². The Kier molecular flexibility index (Phi) is 4.81. The highest BCUT2D eigenvalue weighted by molar-refractivity contribution is 5.89. The molecule has 1 aromatic carbocycles. The largest absolute Gasteiger partial charge is 0.493 e. The number of ether oxygens (including phenoxy) is 4. The van der Waals surface area contributed by atoms with Crippen LogP contribution in [0, 0.1) is 0 Å². The first-order valence-corrected chi connectivity index (χ1v) is 6.41. The Morgan fingerprint density at radius 3 is 2.67 bits per heavy atom. The molecule has 0 spiro atoms. The van der Waals surface area contributed by atoms with Crippen molar-refractivity contribution in [3.8, 4) is 11.5 Å². The lowest BCUT2D eigenvalue weighted by atomic mass is 10.2. The zero-order chi connectivity index (χ0) is 15.2. The van der Waals surface area contributed by atoms with Gasteiger partial charge in [-0.1, -0.05) is 6.07 Å². The minimum absolute atomic E-state index is 0.288. The van der Waals surface area contributed by atoms with Gasteiger partial charge in [0.1, 0.15) is 0 Å². The Balaban J connectivity index is 2.00. The fraction of sp³-hybridized carbons (Fsp3) is 0.333. The van der Waals surface area contributed by atoms with E-state index in [0.29, 0.717) is 17.9 Å². The van der Waals surface area contributed by atoms with Crippen LogP contribution in [0.4, 0.5) is 0 Å². The van der Waals surface area contributed by atoms with Crippen LogP contribution in [0.25, 0.3) is 6.08 Å². The number of carbonyl (C=O) groups excluding carboxylic acids is 2. The van der Waals surface area contributed by atoms with E-state index in [9.17, 15) is 9.59 Å². The highest BCUT2D eigenvalue weighted by Gasteiger charge is 2.29. The van der Waals surface area contributed by atoms with E-state index in [2.05, 4.69) is 0 Å². The second-order valence-corrected chi connectivity index (χ2v) is 4.33. The molecule has 0 radical (unpaired) electrons. The van der Waals surface area contributed by atoms with Gasteiger partial charge in [-0.3, -0.25) is 0 Å². The zero-order valence-corrected chi connectivity index (χ0v) is 11.8. The summed E-state index contributed by atoms with van der Waals surface area (Å²) in [6, 6.07) is 5.24. The maximum absolute atomic E-state index is 11.6. The Bertz CT molecular complexity index is 563. The van der Waals surface area contributed by atoms with E-state index in [4.69, 9.17) is 18.9 Å². The molecule has 6 nitrogen and oxygen atoms in total. The molecule has 1 aliphatic heterocycles. The summed E-state index contributed by atoms with van der Waals surface area (Å²) in [6.07, 6.45) is 2.43. The summed E-state index contributed by atoms with van der Waals surface area (Å²) >= 11 is 0. The van der Waals surface area contributed by atoms with Crippen LogP contribution in [0.15, 0.2) is 24.3 Å². The summed E-state index contributed by atoms with van der Waals surface area (Å²) in [5, 5.41) is 0. The Labute approximate surface area is 122 Å². The lowest BCUT2D eigenvalue weighted by Gasteiger charge is -2.08. The third kappa shape index (κ3) is 3.75. The number of hydrogen-bond acceptors (Lipinski definition) is 6. The van der Waals surface area contributed by atoms with Crippen LogP contribution < -0.4 is 9.47 Å². The van der Waals surface area contributed by atoms with Crippen molar-refractivity contribution in [2.24, 2.45) is 0 Å². The molecule has 112 valence electrons. The molecule has 0 amide bonds. The van der Waals surface area contributed by atoms with E-state index >= 15 is 0 Å². The molecule has 1 heterocycles. The van der Waals surface area contributed by atoms with E-state index in [1.54, 1.807) is 31.4 Å². The average Bonchev–Trinajstić information content (AvgIpc) is 2.90. The number of esters is 2. The van der Waals surface area contributed by atoms with Crippen LogP contribution in [0.2, 0.25) is 0 Å². The molecule has 0 N–H and O–H groups in total. The van der Waals surface area contributed by atoms with E-state index < -0.39 is 18.0 Å². The summed E-state index contributed by atoms with van der Waals surface area (Å²) in [5.74, 6) is 0.0785. The molecule has 1 aliphatic rings. The Morgan fingerprint density at radius 2 is 2.05 bits per heavy atom. The number of methoxy groups -OCH3 is 2. The van der Waals surface area contributed by atoms with Crippen LogP contribution in [0.5, 0.6) is 11.5 Å². The summed E-state index contributed by atoms with van der Waals surface area (Å²) in [4.78, 5) is 22.8. The minimum atomic E-state index is -0.799. The molecular weight excluding hydrogens is 276 g/mol. The number of carbonyl (C=O) groups is 2. The SMILES string of the molecule is COc1ccc(/C=C/C(=O)OC2CCOC2=O)cc1OC. The van der Waals surface area contributed by atoms with Gasteiger partial charge >= 0.3 is 11.9 Å². The van der Waals surface area contributed by atoms with Crippen molar-refractivity contribution in [3.63, 3.8) is 0 Å². The maximum atomic E-state index is 11.6. The van der Waals surface area contributed by atoms with Crippen molar-refractivity contribution in [1.82, 2.24) is 0 Å². The fourth-order valence-corrected chi connectivity index (χ4v) is 1.88. The Hall–Kier alpha value is -2.50. The standard InChI is InChI=1S/C15H16O6/c1-18-11-5-3-10(9-13(11)19-2)4-6-14(16)21-12-7-8-20-15(12)17/h3-6,9,12H,7-8H2,1-2H3/b6-4+. The highest BCUT2D eigenvalue weighted by Crippen LogP contribution is 2.27. The maximum Gasteiger partial charge on any atom is 0.347 e. The predicted molar refractivity (Wildman–Crippen MR) is 74.0 cm³/mol. The van der Waals surface area contributed by atoms with Crippen molar-refractivity contribution in [3.05, 3.63) is 29.8 Å². The minimum Gasteiger partial charge on any atom is -0.493 e. The molecule has 1 fully saturated rings. The second-order valence-electron chi connectivity index (χ2n) is 4.33. The molecule has 0 aliphatic carbocycles. The van der Waals surface area contributed by atoms with Crippen LogP contribution in [0.3, 0.4) is 0 Å². The lowest BCUT2D eigenvalue weighted by molar-refractivity contribution is -0.156. The predicted octanol–water partition coefficient (Wildman–Crippen LogP) is 1.58. The second kappa shape index (κ2) is 6.78. The van der Waals surface area contributed by atoms with Crippen molar-refractivity contribution in [2.45, 2.75) is 12.5 Å². The summed E-state index contributed by atoms with van der Waals surface area (Å²) in [7, 11) is 3.08. The quantitative estimate of drug-likeness (QED) is 0.606. The van der Waals surface area contributed by atoms with Gasteiger partial charge in [0.15, 0.2) is 11.5 Å². The molecule has 1 aromatic rings. The van der Waals surface area contributed by atoms with E-state index in [1.165, 1.54) is 13.2 Å². The van der Waals surface area contributed by atoms with Gasteiger partial charge < -0.3 is 18.9 Å². The monoisotopic (exact) mass is 292 g/mol. The third-order valence-corrected chi connectivity index (χ3v) is 2.97. The number of cyclic esters (lactones) is 1. The van der Waals surface area contributed by atoms with E-state index in [-0.39, 0.29) is 6.61 Å². The third-order valence-electron chi connectivity index (χ3n) is 2.97. The van der Waals surface area contributed by atoms with Crippen LogP contribution in [-0.2, 0) is 19.1 Å². The molecule has 1 unspecified atom stereocenters. The van der Waals surface area contributed by atoms with Crippen molar-refractivity contribution >= 4 is 18.0 Å². The van der Waals surface area contributed by atoms with Gasteiger partial charge in [-0.2, -0.15) is 0 Å². The molecule has 2 rings (SSSR count). The number of hydrogen-bond donors (Lipinski definition) is 0. The summed E-state index contributed by atoms with van der Waals surface area (Å²) in [6.45, 7) is 0.288. The first-order chi connectivity index (χ1) is 10.1. The van der Waals surface area contributed by atoms with Gasteiger partial charge in [-0.15, -0.1) is 0 Å². The number of benzene rings is 1. The molecule has 0 saturated carbocycles. The molecular formula is C15H16O6. The lowest BCUT2D eigenvalue weighted by Crippen LogP contribution is -2.21. The molecule has 21 heavy (non-hydrogen) atoms. The van der Waals surface area contributed by atoms with Crippen LogP contribution >= 0.6 is 0 Å². The molecule has 0 bridgehead atoms. The van der Waals surface area contributed by atoms with E-state index in [0.717, 1.165) is 5.56 Å². The van der Waals surface area contributed by atoms with Gasteiger partial charge in [-0.25, -0.2) is 9.59 Å². The van der Waals surface area contributed by atoms with Crippen LogP contribution in [-0.4, -0.2) is 38.9 Å². The van der Waals surface area contributed by atoms with Gasteiger partial charge in [0.2, 0.25) is 6.10 Å². The van der Waals surface area contributed by atoms with Gasteiger partial charge in [-0.05, 0) is 23.8 Å². The first kappa shape index (κ1) is 14.9.